The molecule has 2 nitrogen and oxygen atoms in total. The first-order valence-corrected chi connectivity index (χ1v) is 9.68. The molecule has 1 saturated carbocycles. The van der Waals surface area contributed by atoms with E-state index < -0.39 is 0 Å². The van der Waals surface area contributed by atoms with Crippen LogP contribution in [0.25, 0.3) is 0 Å². The van der Waals surface area contributed by atoms with Gasteiger partial charge in [0.05, 0.1) is 0 Å². The molecule has 0 amide bonds. The molecule has 1 N–H and O–H groups in total. The van der Waals surface area contributed by atoms with Crippen LogP contribution in [0.15, 0.2) is 0 Å². The van der Waals surface area contributed by atoms with Crippen molar-refractivity contribution in [3.8, 4) is 0 Å². The van der Waals surface area contributed by atoms with E-state index >= 15 is 0 Å². The number of piperidine rings is 1. The van der Waals surface area contributed by atoms with E-state index in [0.717, 1.165) is 23.8 Å². The molecule has 1 saturated heterocycles. The summed E-state index contributed by atoms with van der Waals surface area (Å²) in [7, 11) is 0. The van der Waals surface area contributed by atoms with Crippen LogP contribution in [-0.2, 0) is 0 Å². The Morgan fingerprint density at radius 2 is 1.76 bits per heavy atom. The fourth-order valence-corrected chi connectivity index (χ4v) is 4.50. The maximum atomic E-state index is 3.83. The summed E-state index contributed by atoms with van der Waals surface area (Å²) in [4.78, 5) is 2.77. The fraction of sp³-hybridized carbons (Fsp3) is 1.00. The average Bonchev–Trinajstić information content (AvgIpc) is 2.49. The van der Waals surface area contributed by atoms with E-state index in [-0.39, 0.29) is 0 Å². The second-order valence-electron chi connectivity index (χ2n) is 7.77. The Kier molecular flexibility index (Phi) is 7.53. The van der Waals surface area contributed by atoms with Gasteiger partial charge < -0.3 is 10.2 Å². The lowest BCUT2D eigenvalue weighted by molar-refractivity contribution is 0.112. The summed E-state index contributed by atoms with van der Waals surface area (Å²) in [6.45, 7) is 12.3. The Hall–Kier alpha value is -0.0800. The summed E-state index contributed by atoms with van der Waals surface area (Å²) in [6, 6.07) is 0.787. The molecule has 0 aromatic rings. The van der Waals surface area contributed by atoms with Crippen molar-refractivity contribution in [3.05, 3.63) is 0 Å². The number of nitrogens with one attached hydrogen (secondary N) is 1. The van der Waals surface area contributed by atoms with Gasteiger partial charge in [-0.25, -0.2) is 0 Å². The summed E-state index contributed by atoms with van der Waals surface area (Å²) < 4.78 is 0. The minimum atomic E-state index is 0.787. The molecule has 0 radical (unpaired) electrons. The molecule has 1 heterocycles. The van der Waals surface area contributed by atoms with Gasteiger partial charge in [0.2, 0.25) is 0 Å². The maximum Gasteiger partial charge on any atom is 0.0108 e. The van der Waals surface area contributed by atoms with Gasteiger partial charge in [-0.1, -0.05) is 33.6 Å². The lowest BCUT2D eigenvalue weighted by Gasteiger charge is -2.40. The summed E-state index contributed by atoms with van der Waals surface area (Å²) in [5.74, 6) is 2.85. The predicted octanol–water partition coefficient (Wildman–Crippen LogP) is 4.30. The van der Waals surface area contributed by atoms with E-state index in [2.05, 4.69) is 31.0 Å². The Morgan fingerprint density at radius 3 is 2.43 bits per heavy atom. The zero-order chi connectivity index (χ0) is 15.1. The highest BCUT2D eigenvalue weighted by Crippen LogP contribution is 2.31. The van der Waals surface area contributed by atoms with Crippen molar-refractivity contribution >= 4 is 0 Å². The number of likely N-dealkylation sites (tertiary alicyclic amines) is 1. The highest BCUT2D eigenvalue weighted by atomic mass is 15.1. The third-order valence-corrected chi connectivity index (χ3v) is 5.80. The first-order chi connectivity index (χ1) is 10.2. The average molecular weight is 295 g/mol. The van der Waals surface area contributed by atoms with Crippen LogP contribution in [0.4, 0.5) is 0 Å². The van der Waals surface area contributed by atoms with Crippen molar-refractivity contribution in [1.82, 2.24) is 10.2 Å². The minimum Gasteiger partial charge on any atom is -0.314 e. The van der Waals surface area contributed by atoms with Crippen LogP contribution in [0, 0.1) is 17.8 Å². The molecular weight excluding hydrogens is 256 g/mol. The topological polar surface area (TPSA) is 15.3 Å². The lowest BCUT2D eigenvalue weighted by atomic mass is 9.78. The molecule has 2 aliphatic rings. The van der Waals surface area contributed by atoms with Crippen LogP contribution in [-0.4, -0.2) is 37.1 Å². The standard InChI is InChI=1S/C19H38N2/c1-4-6-17-9-12-21(13-10-17)15-18-14-16(3)7-8-19(18)20-11-5-2/h16-20H,4-15H2,1-3H3. The number of nitrogens with zero attached hydrogens (tertiary/aromatic N) is 1. The van der Waals surface area contributed by atoms with Crippen LogP contribution in [0.2, 0.25) is 0 Å². The second kappa shape index (κ2) is 9.15. The molecule has 0 spiro atoms. The van der Waals surface area contributed by atoms with Gasteiger partial charge in [0.25, 0.3) is 0 Å². The molecule has 0 bridgehead atoms. The summed E-state index contributed by atoms with van der Waals surface area (Å²) >= 11 is 0. The summed E-state index contributed by atoms with van der Waals surface area (Å²) in [6.07, 6.45) is 11.3. The molecule has 3 unspecified atom stereocenters. The Balaban J connectivity index is 1.78. The molecule has 0 aromatic heterocycles. The van der Waals surface area contributed by atoms with Crippen molar-refractivity contribution in [2.75, 3.05) is 26.2 Å². The van der Waals surface area contributed by atoms with Crippen LogP contribution in [0.3, 0.4) is 0 Å². The van der Waals surface area contributed by atoms with E-state index in [9.17, 15) is 0 Å². The summed E-state index contributed by atoms with van der Waals surface area (Å²) in [5.41, 5.74) is 0. The SMILES string of the molecule is CCCNC1CCC(C)CC1CN1CCC(CCC)CC1. The highest BCUT2D eigenvalue weighted by Gasteiger charge is 2.30. The first kappa shape index (κ1) is 17.3. The largest absolute Gasteiger partial charge is 0.314 e. The Labute approximate surface area is 133 Å². The van der Waals surface area contributed by atoms with Crippen LogP contribution in [0.1, 0.15) is 72.1 Å². The quantitative estimate of drug-likeness (QED) is 0.753. The fourth-order valence-electron chi connectivity index (χ4n) is 4.50. The van der Waals surface area contributed by atoms with Crippen molar-refractivity contribution in [1.29, 1.82) is 0 Å². The normalized spacial score (nSPS) is 32.4. The number of hydrogen-bond acceptors (Lipinski definition) is 2. The van der Waals surface area contributed by atoms with E-state index in [4.69, 9.17) is 0 Å². The van der Waals surface area contributed by atoms with Gasteiger partial charge in [0.15, 0.2) is 0 Å². The molecule has 1 aliphatic heterocycles. The molecule has 21 heavy (non-hydrogen) atoms. The maximum absolute atomic E-state index is 3.83. The second-order valence-corrected chi connectivity index (χ2v) is 7.77. The monoisotopic (exact) mass is 294 g/mol. The first-order valence-electron chi connectivity index (χ1n) is 9.68. The van der Waals surface area contributed by atoms with E-state index in [1.165, 1.54) is 77.5 Å². The van der Waals surface area contributed by atoms with Crippen LogP contribution in [0.5, 0.6) is 0 Å². The van der Waals surface area contributed by atoms with E-state index in [1.807, 2.05) is 0 Å². The molecular formula is C19H38N2. The molecule has 1 aliphatic carbocycles. The van der Waals surface area contributed by atoms with Gasteiger partial charge in [0.1, 0.15) is 0 Å². The third kappa shape index (κ3) is 5.56. The van der Waals surface area contributed by atoms with Gasteiger partial charge in [-0.3, -0.25) is 0 Å². The van der Waals surface area contributed by atoms with Crippen molar-refractivity contribution in [2.24, 2.45) is 17.8 Å². The van der Waals surface area contributed by atoms with Crippen LogP contribution < -0.4 is 5.32 Å². The molecule has 2 fully saturated rings. The molecule has 124 valence electrons. The van der Waals surface area contributed by atoms with E-state index in [1.54, 1.807) is 0 Å². The smallest absolute Gasteiger partial charge is 0.0108 e. The van der Waals surface area contributed by atoms with Crippen molar-refractivity contribution in [3.63, 3.8) is 0 Å². The highest BCUT2D eigenvalue weighted by molar-refractivity contribution is 4.86. The van der Waals surface area contributed by atoms with Gasteiger partial charge >= 0.3 is 0 Å². The number of hydrogen-bond donors (Lipinski definition) is 1. The van der Waals surface area contributed by atoms with Gasteiger partial charge in [-0.05, 0) is 75.9 Å². The van der Waals surface area contributed by atoms with Gasteiger partial charge in [-0.15, -0.1) is 0 Å². The van der Waals surface area contributed by atoms with E-state index in [0.29, 0.717) is 0 Å². The van der Waals surface area contributed by atoms with Gasteiger partial charge in [-0.2, -0.15) is 0 Å². The molecule has 2 heteroatoms. The summed E-state index contributed by atoms with van der Waals surface area (Å²) in [5, 5.41) is 3.83. The Bertz CT molecular complexity index is 269. The zero-order valence-corrected chi connectivity index (χ0v) is 14.7. The minimum absolute atomic E-state index is 0.787. The van der Waals surface area contributed by atoms with Gasteiger partial charge in [0, 0.05) is 12.6 Å². The van der Waals surface area contributed by atoms with Crippen molar-refractivity contribution in [2.45, 2.75) is 78.2 Å². The van der Waals surface area contributed by atoms with Crippen LogP contribution >= 0.6 is 0 Å². The third-order valence-electron chi connectivity index (χ3n) is 5.80. The number of rotatable bonds is 7. The predicted molar refractivity (Wildman–Crippen MR) is 92.7 cm³/mol. The molecule has 3 atom stereocenters. The van der Waals surface area contributed by atoms with Crippen molar-refractivity contribution < 1.29 is 0 Å². The Morgan fingerprint density at radius 1 is 1.00 bits per heavy atom. The lowest BCUT2D eigenvalue weighted by Crippen LogP contribution is -2.47. The molecule has 0 aromatic carbocycles. The zero-order valence-electron chi connectivity index (χ0n) is 14.7. The molecule has 2 rings (SSSR count).